The summed E-state index contributed by atoms with van der Waals surface area (Å²) < 4.78 is 5.47. The van der Waals surface area contributed by atoms with Crippen LogP contribution < -0.4 is 17.0 Å². The highest BCUT2D eigenvalue weighted by Crippen LogP contribution is 2.30. The van der Waals surface area contributed by atoms with Gasteiger partial charge in [0.1, 0.15) is 5.69 Å². The number of hydrogen-bond donors (Lipinski definition) is 3. The maximum absolute atomic E-state index is 11.3. The topological polar surface area (TPSA) is 137 Å². The Morgan fingerprint density at radius 3 is 2.71 bits per heavy atom. The van der Waals surface area contributed by atoms with Gasteiger partial charge in [-0.05, 0) is 24.6 Å². The third kappa shape index (κ3) is 3.40. The van der Waals surface area contributed by atoms with Crippen molar-refractivity contribution in [1.29, 1.82) is 0 Å². The monoisotopic (exact) mass is 374 g/mol. The Bertz CT molecular complexity index is 1170. The van der Waals surface area contributed by atoms with Gasteiger partial charge in [0, 0.05) is 35.5 Å². The molecule has 1 aromatic carbocycles. The van der Waals surface area contributed by atoms with Crippen LogP contribution in [0.4, 0.5) is 5.82 Å². The second-order valence-electron chi connectivity index (χ2n) is 6.42. The van der Waals surface area contributed by atoms with Crippen LogP contribution in [-0.4, -0.2) is 20.1 Å². The summed E-state index contributed by atoms with van der Waals surface area (Å²) in [4.78, 5) is 22.6. The van der Waals surface area contributed by atoms with Crippen molar-refractivity contribution in [3.8, 4) is 34.0 Å². The Morgan fingerprint density at radius 2 is 1.96 bits per heavy atom. The number of benzene rings is 1. The lowest BCUT2D eigenvalue weighted by Crippen LogP contribution is -2.04. The minimum Gasteiger partial charge on any atom is -0.382 e. The number of nitrogens with zero attached hydrogens (tertiary/aromatic N) is 3. The third-order valence-corrected chi connectivity index (χ3v) is 4.33. The van der Waals surface area contributed by atoms with Crippen molar-refractivity contribution in [2.75, 3.05) is 5.73 Å². The van der Waals surface area contributed by atoms with E-state index in [2.05, 4.69) is 20.1 Å². The van der Waals surface area contributed by atoms with Gasteiger partial charge in [0.25, 0.3) is 0 Å². The van der Waals surface area contributed by atoms with Gasteiger partial charge in [-0.15, -0.1) is 0 Å². The van der Waals surface area contributed by atoms with Crippen LogP contribution in [0.2, 0.25) is 0 Å². The molecule has 8 nitrogen and oxygen atoms in total. The number of hydrogen-bond acceptors (Lipinski definition) is 7. The van der Waals surface area contributed by atoms with E-state index in [1.165, 1.54) is 12.3 Å². The van der Waals surface area contributed by atoms with E-state index in [1.54, 1.807) is 18.3 Å². The molecule has 0 aliphatic carbocycles. The molecule has 4 aromatic rings. The summed E-state index contributed by atoms with van der Waals surface area (Å²) in [5.41, 5.74) is 15.9. The average Bonchev–Trinajstić information content (AvgIpc) is 3.19. The van der Waals surface area contributed by atoms with Crippen molar-refractivity contribution in [3.05, 3.63) is 70.8 Å². The average molecular weight is 374 g/mol. The van der Waals surface area contributed by atoms with Gasteiger partial charge in [0.05, 0.1) is 11.9 Å². The molecular weight excluding hydrogens is 356 g/mol. The Hall–Kier alpha value is -3.78. The fourth-order valence-corrected chi connectivity index (χ4v) is 2.79. The molecule has 3 aromatic heterocycles. The number of anilines is 1. The summed E-state index contributed by atoms with van der Waals surface area (Å²) in [6.45, 7) is 1.92. The summed E-state index contributed by atoms with van der Waals surface area (Å²) in [6, 6.07) is 12.6. The number of aromatic amines is 1. The maximum Gasteiger partial charge on any atom is 0.247 e. The zero-order valence-corrected chi connectivity index (χ0v) is 15.1. The van der Waals surface area contributed by atoms with E-state index in [0.717, 1.165) is 11.1 Å². The number of nitrogens with one attached hydrogen (secondary N) is 1. The predicted octanol–water partition coefficient (Wildman–Crippen LogP) is 2.76. The van der Waals surface area contributed by atoms with Crippen LogP contribution in [0.5, 0.6) is 0 Å². The standard InChI is InChI=1S/C20H18N6O2/c1-11(21)12-3-2-4-13(7-12)15-8-17(28-26-15)19-20(22)24-10-16(25-19)14-5-6-18(27)23-9-14/h2-11H,21H2,1H3,(H2,22,24)(H,23,27). The van der Waals surface area contributed by atoms with Crippen LogP contribution >= 0.6 is 0 Å². The first-order valence-electron chi connectivity index (χ1n) is 8.66. The lowest BCUT2D eigenvalue weighted by molar-refractivity contribution is 0.434. The van der Waals surface area contributed by atoms with Crippen molar-refractivity contribution in [2.45, 2.75) is 13.0 Å². The molecule has 0 aliphatic heterocycles. The Labute approximate surface area is 160 Å². The number of nitrogens with two attached hydrogens (primary N) is 2. The van der Waals surface area contributed by atoms with E-state index in [0.29, 0.717) is 28.4 Å². The number of pyridine rings is 1. The molecule has 8 heteroatoms. The molecule has 140 valence electrons. The Balaban J connectivity index is 1.72. The van der Waals surface area contributed by atoms with E-state index in [4.69, 9.17) is 16.0 Å². The molecule has 0 fully saturated rings. The van der Waals surface area contributed by atoms with Crippen molar-refractivity contribution >= 4 is 5.82 Å². The molecule has 1 atom stereocenters. The molecule has 0 amide bonds. The smallest absolute Gasteiger partial charge is 0.247 e. The van der Waals surface area contributed by atoms with E-state index in [-0.39, 0.29) is 17.4 Å². The van der Waals surface area contributed by atoms with Gasteiger partial charge in [0.2, 0.25) is 5.56 Å². The molecule has 28 heavy (non-hydrogen) atoms. The molecule has 4 rings (SSSR count). The first-order chi connectivity index (χ1) is 13.5. The third-order valence-electron chi connectivity index (χ3n) is 4.33. The number of rotatable bonds is 4. The van der Waals surface area contributed by atoms with Gasteiger partial charge >= 0.3 is 0 Å². The second-order valence-corrected chi connectivity index (χ2v) is 6.42. The van der Waals surface area contributed by atoms with Crippen molar-refractivity contribution in [3.63, 3.8) is 0 Å². The molecule has 0 aliphatic rings. The molecule has 5 N–H and O–H groups in total. The van der Waals surface area contributed by atoms with Gasteiger partial charge in [0.15, 0.2) is 17.3 Å². The van der Waals surface area contributed by atoms with Gasteiger partial charge in [-0.3, -0.25) is 4.79 Å². The van der Waals surface area contributed by atoms with E-state index in [9.17, 15) is 4.79 Å². The van der Waals surface area contributed by atoms with Crippen LogP contribution in [0.25, 0.3) is 34.0 Å². The van der Waals surface area contributed by atoms with Crippen molar-refractivity contribution in [1.82, 2.24) is 20.1 Å². The minimum absolute atomic E-state index is 0.0816. The first-order valence-corrected chi connectivity index (χ1v) is 8.66. The van der Waals surface area contributed by atoms with Gasteiger partial charge < -0.3 is 21.0 Å². The lowest BCUT2D eigenvalue weighted by Gasteiger charge is -2.06. The van der Waals surface area contributed by atoms with Gasteiger partial charge in [-0.25, -0.2) is 9.97 Å². The number of nitrogen functional groups attached to an aromatic ring is 1. The van der Waals surface area contributed by atoms with Gasteiger partial charge in [-0.1, -0.05) is 23.4 Å². The molecule has 0 saturated heterocycles. The maximum atomic E-state index is 11.3. The zero-order chi connectivity index (χ0) is 19.7. The van der Waals surface area contributed by atoms with Crippen LogP contribution in [0.1, 0.15) is 18.5 Å². The molecule has 0 saturated carbocycles. The highest BCUT2D eigenvalue weighted by Gasteiger charge is 2.16. The molecular formula is C20H18N6O2. The minimum atomic E-state index is -0.193. The Morgan fingerprint density at radius 1 is 1.11 bits per heavy atom. The number of aromatic nitrogens is 4. The predicted molar refractivity (Wildman–Crippen MR) is 106 cm³/mol. The largest absolute Gasteiger partial charge is 0.382 e. The van der Waals surface area contributed by atoms with Crippen molar-refractivity contribution in [2.24, 2.45) is 5.73 Å². The summed E-state index contributed by atoms with van der Waals surface area (Å²) in [5.74, 6) is 0.623. The fraction of sp³-hybridized carbons (Fsp3) is 0.100. The van der Waals surface area contributed by atoms with Crippen molar-refractivity contribution < 1.29 is 4.52 Å². The van der Waals surface area contributed by atoms with E-state index < -0.39 is 0 Å². The van der Waals surface area contributed by atoms with Crippen LogP contribution in [0.15, 0.2) is 64.2 Å². The summed E-state index contributed by atoms with van der Waals surface area (Å²) in [7, 11) is 0. The van der Waals surface area contributed by atoms with E-state index in [1.807, 2.05) is 31.2 Å². The Kier molecular flexibility index (Phi) is 4.46. The second kappa shape index (κ2) is 7.09. The summed E-state index contributed by atoms with van der Waals surface area (Å²) in [6.07, 6.45) is 3.10. The highest BCUT2D eigenvalue weighted by atomic mass is 16.5. The van der Waals surface area contributed by atoms with E-state index >= 15 is 0 Å². The SMILES string of the molecule is CC(N)c1cccc(-c2cc(-c3nc(-c4ccc(=O)[nH]c4)cnc3N)on2)c1. The molecule has 0 bridgehead atoms. The molecule has 0 spiro atoms. The van der Waals surface area contributed by atoms with Crippen LogP contribution in [0, 0.1) is 0 Å². The lowest BCUT2D eigenvalue weighted by atomic mass is 10.0. The number of H-pyrrole nitrogens is 1. The quantitative estimate of drug-likeness (QED) is 0.499. The first kappa shape index (κ1) is 17.6. The summed E-state index contributed by atoms with van der Waals surface area (Å²) in [5, 5.41) is 4.13. The van der Waals surface area contributed by atoms with Gasteiger partial charge in [-0.2, -0.15) is 0 Å². The zero-order valence-electron chi connectivity index (χ0n) is 15.1. The molecule has 0 radical (unpaired) electrons. The fourth-order valence-electron chi connectivity index (χ4n) is 2.79. The highest BCUT2D eigenvalue weighted by molar-refractivity contribution is 5.73. The normalized spacial score (nSPS) is 12.1. The molecule has 1 unspecified atom stereocenters. The van der Waals surface area contributed by atoms with Crippen LogP contribution in [-0.2, 0) is 0 Å². The molecule has 3 heterocycles. The summed E-state index contributed by atoms with van der Waals surface area (Å²) >= 11 is 0. The van der Waals surface area contributed by atoms with Crippen LogP contribution in [0.3, 0.4) is 0 Å².